The Morgan fingerprint density at radius 3 is 2.87 bits per heavy atom. The zero-order chi connectivity index (χ0) is 16.2. The zero-order valence-corrected chi connectivity index (χ0v) is 12.5. The lowest BCUT2D eigenvalue weighted by atomic mass is 10.2. The minimum Gasteiger partial charge on any atom is -0.452 e. The standard InChI is InChI=1S/C16H11ClN2O4/c17-11-3-1-2-4-12(11)19-15(20)8-22-16(21)10-5-6-13-14(7-10)23-9-18-13/h1-7,9H,8H2,(H,19,20). The number of nitrogens with zero attached hydrogens (tertiary/aromatic N) is 1. The number of hydrogen-bond acceptors (Lipinski definition) is 5. The molecule has 0 saturated heterocycles. The van der Waals surface area contributed by atoms with Crippen LogP contribution in [0.1, 0.15) is 10.4 Å². The predicted octanol–water partition coefficient (Wildman–Crippen LogP) is 3.28. The number of fused-ring (bicyclic) bond motifs is 1. The van der Waals surface area contributed by atoms with Crippen molar-refractivity contribution < 1.29 is 18.7 Å². The number of hydrogen-bond donors (Lipinski definition) is 1. The van der Waals surface area contributed by atoms with Crippen LogP contribution in [0, 0.1) is 0 Å². The van der Waals surface area contributed by atoms with Crippen molar-refractivity contribution in [2.75, 3.05) is 11.9 Å². The number of para-hydroxylation sites is 1. The van der Waals surface area contributed by atoms with Gasteiger partial charge in [0, 0.05) is 0 Å². The second kappa shape index (κ2) is 6.50. The average Bonchev–Trinajstić information content (AvgIpc) is 3.02. The molecule has 2 aromatic carbocycles. The van der Waals surface area contributed by atoms with Gasteiger partial charge < -0.3 is 14.5 Å². The second-order valence-electron chi connectivity index (χ2n) is 4.64. The minimum absolute atomic E-state index is 0.278. The fourth-order valence-corrected chi connectivity index (χ4v) is 2.13. The summed E-state index contributed by atoms with van der Waals surface area (Å²) in [7, 11) is 0. The molecule has 0 radical (unpaired) electrons. The molecule has 7 heteroatoms. The normalized spacial score (nSPS) is 10.5. The summed E-state index contributed by atoms with van der Waals surface area (Å²) in [5.41, 5.74) is 1.84. The number of aromatic nitrogens is 1. The summed E-state index contributed by atoms with van der Waals surface area (Å²) in [5, 5.41) is 2.97. The van der Waals surface area contributed by atoms with Gasteiger partial charge in [-0.2, -0.15) is 0 Å². The molecule has 0 bridgehead atoms. The number of benzene rings is 2. The third-order valence-corrected chi connectivity index (χ3v) is 3.38. The summed E-state index contributed by atoms with van der Waals surface area (Å²) in [4.78, 5) is 27.7. The summed E-state index contributed by atoms with van der Waals surface area (Å²) >= 11 is 5.93. The molecule has 1 aromatic heterocycles. The SMILES string of the molecule is O=C(COC(=O)c1ccc2ncoc2c1)Nc1ccccc1Cl. The van der Waals surface area contributed by atoms with Crippen molar-refractivity contribution in [3.05, 3.63) is 59.4 Å². The summed E-state index contributed by atoms with van der Waals surface area (Å²) < 4.78 is 10.1. The molecule has 116 valence electrons. The molecule has 3 rings (SSSR count). The molecule has 0 aliphatic carbocycles. The van der Waals surface area contributed by atoms with Gasteiger partial charge in [-0.05, 0) is 30.3 Å². The maximum Gasteiger partial charge on any atom is 0.338 e. The van der Waals surface area contributed by atoms with Crippen molar-refractivity contribution in [3.63, 3.8) is 0 Å². The molecule has 0 spiro atoms. The summed E-state index contributed by atoms with van der Waals surface area (Å²) in [5.74, 6) is -1.11. The van der Waals surface area contributed by atoms with Gasteiger partial charge in [-0.1, -0.05) is 23.7 Å². The molecule has 0 aliphatic rings. The quantitative estimate of drug-likeness (QED) is 0.742. The first-order valence-electron chi connectivity index (χ1n) is 6.68. The van der Waals surface area contributed by atoms with Crippen molar-refractivity contribution in [2.24, 2.45) is 0 Å². The van der Waals surface area contributed by atoms with Gasteiger partial charge in [0.05, 0.1) is 16.3 Å². The van der Waals surface area contributed by atoms with Gasteiger partial charge in [-0.15, -0.1) is 0 Å². The van der Waals surface area contributed by atoms with Crippen LogP contribution in [-0.4, -0.2) is 23.5 Å². The molecule has 0 fully saturated rings. The van der Waals surface area contributed by atoms with E-state index in [9.17, 15) is 9.59 Å². The number of nitrogens with one attached hydrogen (secondary N) is 1. The van der Waals surface area contributed by atoms with Crippen LogP contribution in [0.5, 0.6) is 0 Å². The highest BCUT2D eigenvalue weighted by Gasteiger charge is 2.12. The van der Waals surface area contributed by atoms with Gasteiger partial charge in [0.1, 0.15) is 5.52 Å². The van der Waals surface area contributed by atoms with Crippen molar-refractivity contribution in [1.29, 1.82) is 0 Å². The van der Waals surface area contributed by atoms with Gasteiger partial charge in [0.25, 0.3) is 5.91 Å². The van der Waals surface area contributed by atoms with E-state index in [-0.39, 0.29) is 5.56 Å². The van der Waals surface area contributed by atoms with Crippen LogP contribution in [0.2, 0.25) is 5.02 Å². The Hall–Kier alpha value is -2.86. The lowest BCUT2D eigenvalue weighted by Crippen LogP contribution is -2.21. The van der Waals surface area contributed by atoms with Gasteiger partial charge in [-0.25, -0.2) is 9.78 Å². The molecule has 23 heavy (non-hydrogen) atoms. The lowest BCUT2D eigenvalue weighted by molar-refractivity contribution is -0.119. The van der Waals surface area contributed by atoms with Crippen LogP contribution in [0.3, 0.4) is 0 Å². The molecule has 3 aromatic rings. The topological polar surface area (TPSA) is 81.4 Å². The molecule has 0 unspecified atom stereocenters. The van der Waals surface area contributed by atoms with E-state index in [4.69, 9.17) is 20.8 Å². The number of carbonyl (C=O) groups is 2. The third-order valence-electron chi connectivity index (χ3n) is 3.05. The van der Waals surface area contributed by atoms with Gasteiger partial charge >= 0.3 is 5.97 Å². The number of halogens is 1. The fourth-order valence-electron chi connectivity index (χ4n) is 1.95. The third kappa shape index (κ3) is 3.49. The van der Waals surface area contributed by atoms with Crippen molar-refractivity contribution >= 4 is 40.3 Å². The van der Waals surface area contributed by atoms with E-state index < -0.39 is 18.5 Å². The maximum atomic E-state index is 11.9. The average molecular weight is 331 g/mol. The molecule has 0 saturated carbocycles. The highest BCUT2D eigenvalue weighted by molar-refractivity contribution is 6.33. The van der Waals surface area contributed by atoms with E-state index in [1.54, 1.807) is 36.4 Å². The second-order valence-corrected chi connectivity index (χ2v) is 5.05. The number of carbonyl (C=O) groups excluding carboxylic acids is 2. The number of amides is 1. The van der Waals surface area contributed by atoms with E-state index >= 15 is 0 Å². The molecule has 0 atom stereocenters. The molecule has 1 heterocycles. The maximum absolute atomic E-state index is 11.9. The monoisotopic (exact) mass is 330 g/mol. The van der Waals surface area contributed by atoms with Crippen LogP contribution in [-0.2, 0) is 9.53 Å². The smallest absolute Gasteiger partial charge is 0.338 e. The molecule has 0 aliphatic heterocycles. The molecular formula is C16H11ClN2O4. The Labute approximate surface area is 136 Å². The number of anilines is 1. The predicted molar refractivity (Wildman–Crippen MR) is 84.4 cm³/mol. The van der Waals surface area contributed by atoms with Crippen LogP contribution in [0.4, 0.5) is 5.69 Å². The lowest BCUT2D eigenvalue weighted by Gasteiger charge is -2.07. The number of rotatable bonds is 4. The van der Waals surface area contributed by atoms with Crippen molar-refractivity contribution in [2.45, 2.75) is 0 Å². The van der Waals surface area contributed by atoms with Gasteiger partial charge in [0.2, 0.25) is 0 Å². The molecule has 1 amide bonds. The number of ether oxygens (including phenoxy) is 1. The molecule has 6 nitrogen and oxygen atoms in total. The van der Waals surface area contributed by atoms with Crippen LogP contribution >= 0.6 is 11.6 Å². The molecule has 1 N–H and O–H groups in total. The van der Waals surface area contributed by atoms with Crippen molar-refractivity contribution in [3.8, 4) is 0 Å². The first kappa shape index (κ1) is 15.1. The highest BCUT2D eigenvalue weighted by atomic mass is 35.5. The largest absolute Gasteiger partial charge is 0.452 e. The van der Waals surface area contributed by atoms with E-state index in [1.165, 1.54) is 12.5 Å². The Morgan fingerprint density at radius 1 is 1.22 bits per heavy atom. The Balaban J connectivity index is 1.60. The first-order chi connectivity index (χ1) is 11.1. The Kier molecular flexibility index (Phi) is 4.25. The van der Waals surface area contributed by atoms with E-state index in [1.807, 2.05) is 0 Å². The number of esters is 1. The molecular weight excluding hydrogens is 320 g/mol. The van der Waals surface area contributed by atoms with Crippen LogP contribution in [0.15, 0.2) is 53.3 Å². The minimum atomic E-state index is -0.627. The zero-order valence-electron chi connectivity index (χ0n) is 11.8. The van der Waals surface area contributed by atoms with E-state index in [0.29, 0.717) is 21.8 Å². The van der Waals surface area contributed by atoms with E-state index in [2.05, 4.69) is 10.3 Å². The Bertz CT molecular complexity index is 875. The fraction of sp³-hybridized carbons (Fsp3) is 0.0625. The highest BCUT2D eigenvalue weighted by Crippen LogP contribution is 2.20. The van der Waals surface area contributed by atoms with Crippen LogP contribution in [0.25, 0.3) is 11.1 Å². The van der Waals surface area contributed by atoms with Gasteiger partial charge in [-0.3, -0.25) is 4.79 Å². The van der Waals surface area contributed by atoms with Crippen molar-refractivity contribution in [1.82, 2.24) is 4.98 Å². The summed E-state index contributed by atoms with van der Waals surface area (Å²) in [6, 6.07) is 11.5. The van der Waals surface area contributed by atoms with Crippen LogP contribution < -0.4 is 5.32 Å². The van der Waals surface area contributed by atoms with Gasteiger partial charge in [0.15, 0.2) is 18.6 Å². The first-order valence-corrected chi connectivity index (χ1v) is 7.06. The summed E-state index contributed by atoms with van der Waals surface area (Å²) in [6.45, 7) is -0.418. The summed E-state index contributed by atoms with van der Waals surface area (Å²) in [6.07, 6.45) is 1.29. The Morgan fingerprint density at radius 2 is 2.04 bits per heavy atom. The number of oxazole rings is 1. The van der Waals surface area contributed by atoms with E-state index in [0.717, 1.165) is 0 Å².